The molecule has 0 saturated carbocycles. The van der Waals surface area contributed by atoms with Gasteiger partial charge in [-0.05, 0) is 24.0 Å². The van der Waals surface area contributed by atoms with Crippen molar-refractivity contribution in [2.24, 2.45) is 5.41 Å². The molecular weight excluding hydrogens is 272 g/mol. The summed E-state index contributed by atoms with van der Waals surface area (Å²) in [6.45, 7) is 9.21. The third kappa shape index (κ3) is 3.87. The zero-order valence-corrected chi connectivity index (χ0v) is 13.5. The normalized spacial score (nSPS) is 17.7. The molecule has 112 valence electrons. The first-order valence-corrected chi connectivity index (χ1v) is 7.63. The van der Waals surface area contributed by atoms with Gasteiger partial charge in [-0.3, -0.25) is 0 Å². The van der Waals surface area contributed by atoms with Crippen LogP contribution in [0.5, 0.6) is 0 Å². The molecule has 3 nitrogen and oxygen atoms in total. The second-order valence-corrected chi connectivity index (χ2v) is 6.65. The van der Waals surface area contributed by atoms with Gasteiger partial charge in [-0.15, -0.1) is 0 Å². The molecule has 1 saturated heterocycles. The lowest BCUT2D eigenvalue weighted by molar-refractivity contribution is 0.199. The van der Waals surface area contributed by atoms with Gasteiger partial charge in [-0.25, -0.2) is 0 Å². The van der Waals surface area contributed by atoms with Crippen LogP contribution < -0.4 is 10.2 Å². The SMILES string of the molecule is COCCNCc1c(Cl)cccc1N1CCC(C)(C)C1. The summed E-state index contributed by atoms with van der Waals surface area (Å²) in [7, 11) is 1.72. The van der Waals surface area contributed by atoms with Gasteiger partial charge in [-0.1, -0.05) is 31.5 Å². The van der Waals surface area contributed by atoms with E-state index < -0.39 is 0 Å². The fourth-order valence-corrected chi connectivity index (χ4v) is 2.96. The Balaban J connectivity index is 2.10. The number of hydrogen-bond donors (Lipinski definition) is 1. The van der Waals surface area contributed by atoms with E-state index in [9.17, 15) is 0 Å². The zero-order valence-electron chi connectivity index (χ0n) is 12.7. The lowest BCUT2D eigenvalue weighted by atomic mass is 9.93. The molecule has 1 aliphatic heterocycles. The van der Waals surface area contributed by atoms with Crippen molar-refractivity contribution in [3.05, 3.63) is 28.8 Å². The van der Waals surface area contributed by atoms with E-state index in [1.54, 1.807) is 7.11 Å². The van der Waals surface area contributed by atoms with Gasteiger partial charge in [0.25, 0.3) is 0 Å². The van der Waals surface area contributed by atoms with Crippen LogP contribution in [0.1, 0.15) is 25.8 Å². The maximum Gasteiger partial charge on any atom is 0.0587 e. The van der Waals surface area contributed by atoms with Crippen LogP contribution in [0.3, 0.4) is 0 Å². The highest BCUT2D eigenvalue weighted by atomic mass is 35.5. The summed E-state index contributed by atoms with van der Waals surface area (Å²) < 4.78 is 5.06. The van der Waals surface area contributed by atoms with Crippen LogP contribution >= 0.6 is 11.6 Å². The average molecular weight is 297 g/mol. The molecule has 0 aromatic heterocycles. The molecule has 0 amide bonds. The van der Waals surface area contributed by atoms with Crippen LogP contribution in [0, 0.1) is 5.41 Å². The number of nitrogens with one attached hydrogen (secondary N) is 1. The standard InChI is InChI=1S/C16H25ClN2O/c1-16(2)7-9-19(12-16)15-6-4-5-14(17)13(15)11-18-8-10-20-3/h4-6,18H,7-12H2,1-3H3. The summed E-state index contributed by atoms with van der Waals surface area (Å²) >= 11 is 6.39. The Morgan fingerprint density at radius 1 is 1.40 bits per heavy atom. The van der Waals surface area contributed by atoms with Crippen LogP contribution in [-0.4, -0.2) is 33.4 Å². The molecule has 4 heteroatoms. The highest BCUT2D eigenvalue weighted by Crippen LogP contribution is 2.36. The fraction of sp³-hybridized carbons (Fsp3) is 0.625. The summed E-state index contributed by atoms with van der Waals surface area (Å²) in [4.78, 5) is 2.46. The van der Waals surface area contributed by atoms with E-state index in [4.69, 9.17) is 16.3 Å². The quantitative estimate of drug-likeness (QED) is 0.815. The van der Waals surface area contributed by atoms with E-state index in [2.05, 4.69) is 30.1 Å². The van der Waals surface area contributed by atoms with Gasteiger partial charge >= 0.3 is 0 Å². The van der Waals surface area contributed by atoms with E-state index in [1.165, 1.54) is 17.7 Å². The van der Waals surface area contributed by atoms with E-state index in [0.29, 0.717) is 5.41 Å². The Labute approximate surface area is 127 Å². The first-order chi connectivity index (χ1) is 9.53. The number of benzene rings is 1. The zero-order chi connectivity index (χ0) is 14.6. The van der Waals surface area contributed by atoms with Crippen LogP contribution in [0.2, 0.25) is 5.02 Å². The molecule has 20 heavy (non-hydrogen) atoms. The Bertz CT molecular complexity index is 448. The minimum absolute atomic E-state index is 0.392. The van der Waals surface area contributed by atoms with Gasteiger partial charge in [-0.2, -0.15) is 0 Å². The number of methoxy groups -OCH3 is 1. The largest absolute Gasteiger partial charge is 0.383 e. The molecule has 1 aliphatic rings. The Kier molecular flexibility index (Phi) is 5.30. The molecule has 1 fully saturated rings. The van der Waals surface area contributed by atoms with Gasteiger partial charge in [0, 0.05) is 49.6 Å². The summed E-state index contributed by atoms with van der Waals surface area (Å²) in [6, 6.07) is 6.20. The number of anilines is 1. The highest BCUT2D eigenvalue weighted by molar-refractivity contribution is 6.31. The average Bonchev–Trinajstić information content (AvgIpc) is 2.76. The van der Waals surface area contributed by atoms with Crippen LogP contribution in [0.4, 0.5) is 5.69 Å². The topological polar surface area (TPSA) is 24.5 Å². The monoisotopic (exact) mass is 296 g/mol. The van der Waals surface area contributed by atoms with Crippen molar-refractivity contribution in [2.45, 2.75) is 26.8 Å². The van der Waals surface area contributed by atoms with Crippen molar-refractivity contribution in [3.8, 4) is 0 Å². The van der Waals surface area contributed by atoms with E-state index in [-0.39, 0.29) is 0 Å². The molecular formula is C16H25ClN2O. The minimum Gasteiger partial charge on any atom is -0.383 e. The van der Waals surface area contributed by atoms with Crippen molar-refractivity contribution in [1.29, 1.82) is 0 Å². The van der Waals surface area contributed by atoms with E-state index >= 15 is 0 Å². The molecule has 0 radical (unpaired) electrons. The number of hydrogen-bond acceptors (Lipinski definition) is 3. The minimum atomic E-state index is 0.392. The predicted octanol–water partition coefficient (Wildman–Crippen LogP) is 3.31. The summed E-state index contributed by atoms with van der Waals surface area (Å²) in [5.74, 6) is 0. The third-order valence-corrected chi connectivity index (χ3v) is 4.25. The Morgan fingerprint density at radius 2 is 2.20 bits per heavy atom. The third-order valence-electron chi connectivity index (χ3n) is 3.90. The van der Waals surface area contributed by atoms with Gasteiger partial charge in [0.05, 0.1) is 6.61 Å². The lowest BCUT2D eigenvalue weighted by Gasteiger charge is -2.25. The Morgan fingerprint density at radius 3 is 2.85 bits per heavy atom. The summed E-state index contributed by atoms with van der Waals surface area (Å²) in [6.07, 6.45) is 1.23. The van der Waals surface area contributed by atoms with Crippen LogP contribution in [0.15, 0.2) is 18.2 Å². The maximum absolute atomic E-state index is 6.39. The molecule has 0 atom stereocenters. The highest BCUT2D eigenvalue weighted by Gasteiger charge is 2.30. The van der Waals surface area contributed by atoms with Crippen LogP contribution in [0.25, 0.3) is 0 Å². The molecule has 0 spiro atoms. The molecule has 0 unspecified atom stereocenters. The van der Waals surface area contributed by atoms with Gasteiger partial charge in [0.2, 0.25) is 0 Å². The molecule has 1 heterocycles. The first-order valence-electron chi connectivity index (χ1n) is 7.25. The molecule has 0 bridgehead atoms. The number of rotatable bonds is 6. The van der Waals surface area contributed by atoms with E-state index in [1.807, 2.05) is 12.1 Å². The molecule has 1 aromatic carbocycles. The smallest absolute Gasteiger partial charge is 0.0587 e. The molecule has 2 rings (SSSR count). The Hall–Kier alpha value is -0.770. The predicted molar refractivity (Wildman–Crippen MR) is 85.6 cm³/mol. The van der Waals surface area contributed by atoms with Crippen molar-refractivity contribution in [2.75, 3.05) is 38.3 Å². The van der Waals surface area contributed by atoms with E-state index in [0.717, 1.165) is 37.8 Å². The number of nitrogens with zero attached hydrogens (tertiary/aromatic N) is 1. The lowest BCUT2D eigenvalue weighted by Crippen LogP contribution is -2.26. The van der Waals surface area contributed by atoms with Crippen molar-refractivity contribution in [3.63, 3.8) is 0 Å². The summed E-state index contributed by atoms with van der Waals surface area (Å²) in [5.41, 5.74) is 2.86. The second kappa shape index (κ2) is 6.79. The molecule has 1 aromatic rings. The second-order valence-electron chi connectivity index (χ2n) is 6.24. The first kappa shape index (κ1) is 15.6. The van der Waals surface area contributed by atoms with Gasteiger partial charge < -0.3 is 15.0 Å². The molecule has 0 aliphatic carbocycles. The van der Waals surface area contributed by atoms with Crippen LogP contribution in [-0.2, 0) is 11.3 Å². The fourth-order valence-electron chi connectivity index (χ4n) is 2.72. The molecule has 1 N–H and O–H groups in total. The summed E-state index contributed by atoms with van der Waals surface area (Å²) in [5, 5.41) is 4.24. The van der Waals surface area contributed by atoms with Gasteiger partial charge in [0.1, 0.15) is 0 Å². The van der Waals surface area contributed by atoms with Crippen molar-refractivity contribution in [1.82, 2.24) is 5.32 Å². The van der Waals surface area contributed by atoms with Crippen molar-refractivity contribution < 1.29 is 4.74 Å². The number of ether oxygens (including phenoxy) is 1. The van der Waals surface area contributed by atoms with Gasteiger partial charge in [0.15, 0.2) is 0 Å². The maximum atomic E-state index is 6.39. The van der Waals surface area contributed by atoms with Crippen molar-refractivity contribution >= 4 is 17.3 Å². The number of halogens is 1.